The summed E-state index contributed by atoms with van der Waals surface area (Å²) in [6, 6.07) is 4.81. The SMILES string of the molecule is Cc1ccc(C(C)NC(=O)C2(N)CCCC(C)C2)cc1F. The van der Waals surface area contributed by atoms with Crippen LogP contribution in [0.25, 0.3) is 0 Å². The molecular weight excluding hydrogens is 267 g/mol. The Morgan fingerprint density at radius 2 is 2.24 bits per heavy atom. The second kappa shape index (κ2) is 6.14. The predicted molar refractivity (Wildman–Crippen MR) is 82.2 cm³/mol. The van der Waals surface area contributed by atoms with Gasteiger partial charge in [-0.1, -0.05) is 31.9 Å². The Morgan fingerprint density at radius 3 is 2.86 bits per heavy atom. The van der Waals surface area contributed by atoms with E-state index in [1.807, 2.05) is 13.0 Å². The molecule has 4 heteroatoms. The van der Waals surface area contributed by atoms with Crippen molar-refractivity contribution < 1.29 is 9.18 Å². The summed E-state index contributed by atoms with van der Waals surface area (Å²) in [5.74, 6) is 0.103. The van der Waals surface area contributed by atoms with Crippen LogP contribution in [0.1, 0.15) is 56.7 Å². The topological polar surface area (TPSA) is 55.1 Å². The molecule has 2 rings (SSSR count). The van der Waals surface area contributed by atoms with Crippen LogP contribution >= 0.6 is 0 Å². The van der Waals surface area contributed by atoms with Crippen molar-refractivity contribution in [1.82, 2.24) is 5.32 Å². The smallest absolute Gasteiger partial charge is 0.240 e. The van der Waals surface area contributed by atoms with Gasteiger partial charge in [0.2, 0.25) is 5.91 Å². The Labute approximate surface area is 126 Å². The zero-order valence-electron chi connectivity index (χ0n) is 13.1. The molecule has 3 N–H and O–H groups in total. The molecule has 1 aromatic carbocycles. The van der Waals surface area contributed by atoms with Crippen molar-refractivity contribution in [3.63, 3.8) is 0 Å². The second-order valence-electron chi connectivity index (χ2n) is 6.56. The Kier molecular flexibility index (Phi) is 4.67. The molecule has 1 aliphatic rings. The molecule has 0 spiro atoms. The Balaban J connectivity index is 2.06. The molecule has 1 aliphatic carbocycles. The maximum Gasteiger partial charge on any atom is 0.240 e. The van der Waals surface area contributed by atoms with Gasteiger partial charge in [-0.2, -0.15) is 0 Å². The minimum absolute atomic E-state index is 0.123. The number of rotatable bonds is 3. The molecule has 1 fully saturated rings. The fourth-order valence-electron chi connectivity index (χ4n) is 3.10. The van der Waals surface area contributed by atoms with Crippen molar-refractivity contribution in [3.8, 4) is 0 Å². The lowest BCUT2D eigenvalue weighted by molar-refractivity contribution is -0.128. The van der Waals surface area contributed by atoms with Gasteiger partial charge in [0, 0.05) is 0 Å². The van der Waals surface area contributed by atoms with Crippen molar-refractivity contribution in [3.05, 3.63) is 35.1 Å². The van der Waals surface area contributed by atoms with Gasteiger partial charge in [-0.3, -0.25) is 4.79 Å². The first-order chi connectivity index (χ1) is 9.82. The van der Waals surface area contributed by atoms with Gasteiger partial charge in [-0.05, 0) is 49.8 Å². The van der Waals surface area contributed by atoms with E-state index in [1.165, 1.54) is 6.07 Å². The number of aryl methyl sites for hydroxylation is 1. The van der Waals surface area contributed by atoms with Crippen LogP contribution in [0.4, 0.5) is 4.39 Å². The highest BCUT2D eigenvalue weighted by molar-refractivity contribution is 5.86. The fourth-order valence-corrected chi connectivity index (χ4v) is 3.10. The van der Waals surface area contributed by atoms with Gasteiger partial charge in [0.15, 0.2) is 0 Å². The molecule has 0 aliphatic heterocycles. The highest BCUT2D eigenvalue weighted by Crippen LogP contribution is 2.31. The fraction of sp³-hybridized carbons (Fsp3) is 0.588. The van der Waals surface area contributed by atoms with Crippen LogP contribution < -0.4 is 11.1 Å². The molecule has 1 amide bonds. The van der Waals surface area contributed by atoms with E-state index in [9.17, 15) is 9.18 Å². The lowest BCUT2D eigenvalue weighted by atomic mass is 9.76. The summed E-state index contributed by atoms with van der Waals surface area (Å²) in [7, 11) is 0. The van der Waals surface area contributed by atoms with Crippen LogP contribution in [0, 0.1) is 18.7 Å². The van der Waals surface area contributed by atoms with E-state index < -0.39 is 5.54 Å². The lowest BCUT2D eigenvalue weighted by Crippen LogP contribution is -2.56. The van der Waals surface area contributed by atoms with Crippen LogP contribution in [-0.2, 0) is 4.79 Å². The number of amides is 1. The first-order valence-electron chi connectivity index (χ1n) is 7.68. The molecular formula is C17H25FN2O. The average Bonchev–Trinajstić information content (AvgIpc) is 2.41. The van der Waals surface area contributed by atoms with Crippen LogP contribution in [0.3, 0.4) is 0 Å². The zero-order valence-corrected chi connectivity index (χ0v) is 13.1. The Hall–Kier alpha value is -1.42. The molecule has 0 heterocycles. The molecule has 116 valence electrons. The number of carbonyl (C=O) groups is 1. The summed E-state index contributed by atoms with van der Waals surface area (Å²) in [4.78, 5) is 12.5. The van der Waals surface area contributed by atoms with Gasteiger partial charge in [0.1, 0.15) is 5.82 Å². The molecule has 3 atom stereocenters. The lowest BCUT2D eigenvalue weighted by Gasteiger charge is -2.36. The predicted octanol–water partition coefficient (Wildman–Crippen LogP) is 3.22. The van der Waals surface area contributed by atoms with E-state index in [4.69, 9.17) is 5.73 Å². The summed E-state index contributed by atoms with van der Waals surface area (Å²) >= 11 is 0. The van der Waals surface area contributed by atoms with Gasteiger partial charge in [0.25, 0.3) is 0 Å². The second-order valence-corrected chi connectivity index (χ2v) is 6.56. The minimum atomic E-state index is -0.783. The van der Waals surface area contributed by atoms with Crippen LogP contribution in [-0.4, -0.2) is 11.4 Å². The van der Waals surface area contributed by atoms with E-state index in [0.717, 1.165) is 24.8 Å². The van der Waals surface area contributed by atoms with E-state index in [0.29, 0.717) is 17.9 Å². The molecule has 0 aromatic heterocycles. The largest absolute Gasteiger partial charge is 0.348 e. The van der Waals surface area contributed by atoms with E-state index in [1.54, 1.807) is 13.0 Å². The van der Waals surface area contributed by atoms with Gasteiger partial charge in [0.05, 0.1) is 11.6 Å². The van der Waals surface area contributed by atoms with Gasteiger partial charge in [-0.15, -0.1) is 0 Å². The standard InChI is InChI=1S/C17H25FN2O/c1-11-5-4-8-17(19,10-11)16(21)20-13(3)14-7-6-12(2)15(18)9-14/h6-7,9,11,13H,4-5,8,10,19H2,1-3H3,(H,20,21). The van der Waals surface area contributed by atoms with Crippen LogP contribution in [0.2, 0.25) is 0 Å². The minimum Gasteiger partial charge on any atom is -0.348 e. The molecule has 0 saturated heterocycles. The van der Waals surface area contributed by atoms with Crippen molar-refractivity contribution in [2.75, 3.05) is 0 Å². The maximum absolute atomic E-state index is 13.6. The van der Waals surface area contributed by atoms with E-state index in [-0.39, 0.29) is 17.8 Å². The zero-order chi connectivity index (χ0) is 15.6. The molecule has 3 nitrogen and oxygen atoms in total. The Morgan fingerprint density at radius 1 is 1.52 bits per heavy atom. The number of hydrogen-bond donors (Lipinski definition) is 2. The number of hydrogen-bond acceptors (Lipinski definition) is 2. The number of nitrogens with one attached hydrogen (secondary N) is 1. The highest BCUT2D eigenvalue weighted by atomic mass is 19.1. The summed E-state index contributed by atoms with van der Waals surface area (Å²) in [5, 5.41) is 2.94. The van der Waals surface area contributed by atoms with Gasteiger partial charge in [-0.25, -0.2) is 4.39 Å². The average molecular weight is 292 g/mol. The first kappa shape index (κ1) is 16.0. The van der Waals surface area contributed by atoms with Gasteiger partial charge >= 0.3 is 0 Å². The molecule has 1 aromatic rings. The molecule has 21 heavy (non-hydrogen) atoms. The van der Waals surface area contributed by atoms with Crippen molar-refractivity contribution >= 4 is 5.91 Å². The highest BCUT2D eigenvalue weighted by Gasteiger charge is 2.38. The monoisotopic (exact) mass is 292 g/mol. The van der Waals surface area contributed by atoms with Crippen LogP contribution in [0.5, 0.6) is 0 Å². The van der Waals surface area contributed by atoms with E-state index in [2.05, 4.69) is 12.2 Å². The summed E-state index contributed by atoms with van der Waals surface area (Å²) in [5.41, 5.74) is 6.87. The first-order valence-corrected chi connectivity index (χ1v) is 7.68. The van der Waals surface area contributed by atoms with Crippen LogP contribution in [0.15, 0.2) is 18.2 Å². The third-order valence-corrected chi connectivity index (χ3v) is 4.53. The van der Waals surface area contributed by atoms with Gasteiger partial charge < -0.3 is 11.1 Å². The summed E-state index contributed by atoms with van der Waals surface area (Å²) in [6.07, 6.45) is 3.55. The van der Waals surface area contributed by atoms with Crippen molar-refractivity contribution in [2.24, 2.45) is 11.7 Å². The third-order valence-electron chi connectivity index (χ3n) is 4.53. The Bertz CT molecular complexity index is 532. The van der Waals surface area contributed by atoms with E-state index >= 15 is 0 Å². The number of halogens is 1. The third kappa shape index (κ3) is 3.62. The normalized spacial score (nSPS) is 27.2. The summed E-state index contributed by atoms with van der Waals surface area (Å²) < 4.78 is 13.6. The van der Waals surface area contributed by atoms with Crippen molar-refractivity contribution in [1.29, 1.82) is 0 Å². The molecule has 3 unspecified atom stereocenters. The quantitative estimate of drug-likeness (QED) is 0.898. The molecule has 0 radical (unpaired) electrons. The molecule has 0 bridgehead atoms. The van der Waals surface area contributed by atoms with Crippen molar-refractivity contribution in [2.45, 2.75) is 58.0 Å². The maximum atomic E-state index is 13.6. The molecule has 1 saturated carbocycles. The number of benzene rings is 1. The number of nitrogens with two attached hydrogens (primary N) is 1. The number of carbonyl (C=O) groups excluding carboxylic acids is 1. The summed E-state index contributed by atoms with van der Waals surface area (Å²) in [6.45, 7) is 5.71.